The van der Waals surface area contributed by atoms with Crippen molar-refractivity contribution in [1.82, 2.24) is 0 Å². The Balaban J connectivity index is 1.80. The van der Waals surface area contributed by atoms with Crippen molar-refractivity contribution in [2.45, 2.75) is 50.8 Å². The summed E-state index contributed by atoms with van der Waals surface area (Å²) < 4.78 is 40.4. The van der Waals surface area contributed by atoms with Gasteiger partial charge in [0, 0.05) is 0 Å². The molecular formula is C19H23F3O. The van der Waals surface area contributed by atoms with Crippen LogP contribution >= 0.6 is 0 Å². The number of hydrogen-bond donors (Lipinski definition) is 0. The van der Waals surface area contributed by atoms with Crippen LogP contribution in [0.1, 0.15) is 50.0 Å². The molecule has 1 aliphatic carbocycles. The molecule has 1 aromatic carbocycles. The minimum absolute atomic E-state index is 0.149. The van der Waals surface area contributed by atoms with Crippen molar-refractivity contribution in [2.75, 3.05) is 0 Å². The molecule has 0 aromatic heterocycles. The highest BCUT2D eigenvalue weighted by atomic mass is 19.4. The van der Waals surface area contributed by atoms with E-state index >= 15 is 0 Å². The Morgan fingerprint density at radius 3 is 2.30 bits per heavy atom. The van der Waals surface area contributed by atoms with Gasteiger partial charge in [-0.05, 0) is 68.1 Å². The summed E-state index contributed by atoms with van der Waals surface area (Å²) >= 11 is 0. The van der Waals surface area contributed by atoms with Crippen LogP contribution in [0.4, 0.5) is 13.2 Å². The molecule has 0 atom stereocenters. The first-order valence-electron chi connectivity index (χ1n) is 8.11. The number of allylic oxidation sites excluding steroid dienone is 3. The van der Waals surface area contributed by atoms with E-state index in [1.165, 1.54) is 31.4 Å². The van der Waals surface area contributed by atoms with E-state index in [0.29, 0.717) is 5.92 Å². The molecule has 1 aliphatic rings. The van der Waals surface area contributed by atoms with Crippen LogP contribution in [-0.2, 0) is 0 Å². The molecule has 1 saturated carbocycles. The summed E-state index contributed by atoms with van der Waals surface area (Å²) in [5.41, 5.74) is 1.12. The lowest BCUT2D eigenvalue weighted by Gasteiger charge is -2.28. The highest BCUT2D eigenvalue weighted by Crippen LogP contribution is 2.38. The molecule has 1 aromatic rings. The van der Waals surface area contributed by atoms with Gasteiger partial charge >= 0.3 is 6.36 Å². The summed E-state index contributed by atoms with van der Waals surface area (Å²) in [7, 11) is 0. The van der Waals surface area contributed by atoms with Crippen LogP contribution in [0.25, 0.3) is 0 Å². The fourth-order valence-electron chi connectivity index (χ4n) is 3.25. The second-order valence-corrected chi connectivity index (χ2v) is 6.08. The van der Waals surface area contributed by atoms with Crippen molar-refractivity contribution in [3.05, 3.63) is 54.6 Å². The van der Waals surface area contributed by atoms with Crippen molar-refractivity contribution in [2.24, 2.45) is 5.92 Å². The van der Waals surface area contributed by atoms with E-state index in [2.05, 4.69) is 17.4 Å². The van der Waals surface area contributed by atoms with Gasteiger partial charge in [0.2, 0.25) is 0 Å². The molecule has 0 unspecified atom stereocenters. The highest BCUT2D eigenvalue weighted by molar-refractivity contribution is 5.29. The third-order valence-corrected chi connectivity index (χ3v) is 4.45. The summed E-state index contributed by atoms with van der Waals surface area (Å²) in [4.78, 5) is 0. The first-order chi connectivity index (χ1) is 11.0. The molecule has 0 bridgehead atoms. The number of rotatable bonds is 6. The molecule has 0 N–H and O–H groups in total. The molecule has 0 spiro atoms. The monoisotopic (exact) mass is 324 g/mol. The van der Waals surface area contributed by atoms with E-state index in [4.69, 9.17) is 0 Å². The lowest BCUT2D eigenvalue weighted by molar-refractivity contribution is -0.274. The van der Waals surface area contributed by atoms with Gasteiger partial charge < -0.3 is 4.74 Å². The lowest BCUT2D eigenvalue weighted by atomic mass is 9.77. The summed E-state index contributed by atoms with van der Waals surface area (Å²) in [5, 5.41) is 0. The molecule has 23 heavy (non-hydrogen) atoms. The molecule has 2 rings (SSSR count). The molecular weight excluding hydrogens is 301 g/mol. The van der Waals surface area contributed by atoms with Gasteiger partial charge in [-0.1, -0.05) is 36.9 Å². The molecule has 1 fully saturated rings. The zero-order chi connectivity index (χ0) is 16.7. The van der Waals surface area contributed by atoms with Gasteiger partial charge in [0.15, 0.2) is 0 Å². The van der Waals surface area contributed by atoms with Gasteiger partial charge in [-0.3, -0.25) is 0 Å². The van der Waals surface area contributed by atoms with Gasteiger partial charge in [0.25, 0.3) is 0 Å². The number of ether oxygens (including phenoxy) is 1. The summed E-state index contributed by atoms with van der Waals surface area (Å²) in [6, 6.07) is 6.35. The van der Waals surface area contributed by atoms with E-state index in [1.54, 1.807) is 18.2 Å². The minimum Gasteiger partial charge on any atom is -0.406 e. The van der Waals surface area contributed by atoms with Crippen LogP contribution in [0, 0.1) is 5.92 Å². The zero-order valence-corrected chi connectivity index (χ0v) is 13.2. The molecule has 1 nitrogen and oxygen atoms in total. The standard InChI is InChI=1S/C19H23F3O/c1-2-3-4-5-6-15-7-9-16(10-8-15)17-11-13-18(14-12-17)23-19(20,21)22/h2-4,11-16H,1,5-10H2. The van der Waals surface area contributed by atoms with Gasteiger partial charge in [-0.15, -0.1) is 13.2 Å². The van der Waals surface area contributed by atoms with Crippen LogP contribution in [0.2, 0.25) is 0 Å². The van der Waals surface area contributed by atoms with E-state index in [1.807, 2.05) is 6.08 Å². The second-order valence-electron chi connectivity index (χ2n) is 6.08. The fourth-order valence-corrected chi connectivity index (χ4v) is 3.25. The van der Waals surface area contributed by atoms with E-state index in [-0.39, 0.29) is 5.75 Å². The molecule has 0 radical (unpaired) electrons. The zero-order valence-electron chi connectivity index (χ0n) is 13.2. The Hall–Kier alpha value is -1.71. The average molecular weight is 324 g/mol. The van der Waals surface area contributed by atoms with Crippen molar-refractivity contribution in [1.29, 1.82) is 0 Å². The van der Waals surface area contributed by atoms with Crippen LogP contribution in [-0.4, -0.2) is 6.36 Å². The highest BCUT2D eigenvalue weighted by Gasteiger charge is 2.31. The van der Waals surface area contributed by atoms with E-state index in [0.717, 1.165) is 30.7 Å². The smallest absolute Gasteiger partial charge is 0.406 e. The Morgan fingerprint density at radius 2 is 1.74 bits per heavy atom. The van der Waals surface area contributed by atoms with E-state index < -0.39 is 6.36 Å². The molecule has 0 aliphatic heterocycles. The molecule has 126 valence electrons. The van der Waals surface area contributed by atoms with Crippen molar-refractivity contribution in [3.8, 4) is 5.75 Å². The van der Waals surface area contributed by atoms with Crippen LogP contribution in [0.15, 0.2) is 49.1 Å². The largest absolute Gasteiger partial charge is 0.573 e. The van der Waals surface area contributed by atoms with Gasteiger partial charge in [-0.25, -0.2) is 0 Å². The van der Waals surface area contributed by atoms with Crippen LogP contribution < -0.4 is 4.74 Å². The number of halogens is 3. The Morgan fingerprint density at radius 1 is 1.09 bits per heavy atom. The van der Waals surface area contributed by atoms with Crippen molar-refractivity contribution >= 4 is 0 Å². The Bertz CT molecular complexity index is 508. The summed E-state index contributed by atoms with van der Waals surface area (Å²) in [6.07, 6.45) is 8.18. The summed E-state index contributed by atoms with van der Waals surface area (Å²) in [6.45, 7) is 3.66. The minimum atomic E-state index is -4.63. The maximum Gasteiger partial charge on any atom is 0.573 e. The third-order valence-electron chi connectivity index (χ3n) is 4.45. The Labute approximate surface area is 135 Å². The van der Waals surface area contributed by atoms with Crippen LogP contribution in [0.3, 0.4) is 0 Å². The Kier molecular flexibility index (Phi) is 6.31. The van der Waals surface area contributed by atoms with E-state index in [9.17, 15) is 13.2 Å². The van der Waals surface area contributed by atoms with Gasteiger partial charge in [0.05, 0.1) is 0 Å². The second kappa shape index (κ2) is 8.23. The lowest BCUT2D eigenvalue weighted by Crippen LogP contribution is -2.17. The maximum atomic E-state index is 12.2. The number of alkyl halides is 3. The first-order valence-corrected chi connectivity index (χ1v) is 8.11. The maximum absolute atomic E-state index is 12.2. The molecule has 0 heterocycles. The van der Waals surface area contributed by atoms with Crippen molar-refractivity contribution < 1.29 is 17.9 Å². The predicted octanol–water partition coefficient (Wildman–Crippen LogP) is 6.38. The molecule has 4 heteroatoms. The average Bonchev–Trinajstić information content (AvgIpc) is 2.52. The topological polar surface area (TPSA) is 9.23 Å². The third kappa shape index (κ3) is 6.12. The first kappa shape index (κ1) is 17.6. The summed E-state index contributed by atoms with van der Waals surface area (Å²) in [5.74, 6) is 1.06. The SMILES string of the molecule is C=CC=CCCC1CCC(c2ccc(OC(F)(F)F)cc2)CC1. The fraction of sp³-hybridized carbons (Fsp3) is 0.474. The normalized spacial score (nSPS) is 22.2. The number of benzene rings is 1. The van der Waals surface area contributed by atoms with Crippen LogP contribution in [0.5, 0.6) is 5.75 Å². The molecule has 0 saturated heterocycles. The quantitative estimate of drug-likeness (QED) is 0.552. The molecule has 0 amide bonds. The van der Waals surface area contributed by atoms with Gasteiger partial charge in [0.1, 0.15) is 5.75 Å². The number of hydrogen-bond acceptors (Lipinski definition) is 1. The predicted molar refractivity (Wildman–Crippen MR) is 86.4 cm³/mol. The van der Waals surface area contributed by atoms with Crippen molar-refractivity contribution in [3.63, 3.8) is 0 Å². The van der Waals surface area contributed by atoms with Gasteiger partial charge in [-0.2, -0.15) is 0 Å².